The second-order valence-corrected chi connectivity index (χ2v) is 5.33. The largest absolute Gasteiger partial charge is 0.384 e. The summed E-state index contributed by atoms with van der Waals surface area (Å²) in [6.45, 7) is 1.72. The van der Waals surface area contributed by atoms with Crippen molar-refractivity contribution >= 4 is 5.91 Å². The lowest BCUT2D eigenvalue weighted by Gasteiger charge is -2.14. The SMILES string of the molecule is COC1CCC(NC(=O)c2cc(C#CCO)ccc2C)C1. The number of carbonyl (C=O) groups is 1. The maximum atomic E-state index is 12.4. The van der Waals surface area contributed by atoms with Gasteiger partial charge in [0.15, 0.2) is 0 Å². The highest BCUT2D eigenvalue weighted by molar-refractivity contribution is 5.96. The van der Waals surface area contributed by atoms with E-state index in [9.17, 15) is 4.79 Å². The summed E-state index contributed by atoms with van der Waals surface area (Å²) in [5.41, 5.74) is 2.30. The molecule has 4 heteroatoms. The van der Waals surface area contributed by atoms with Crippen molar-refractivity contribution in [2.24, 2.45) is 0 Å². The zero-order valence-corrected chi connectivity index (χ0v) is 12.5. The third kappa shape index (κ3) is 4.07. The first-order chi connectivity index (χ1) is 10.1. The minimum absolute atomic E-state index is 0.0677. The molecule has 1 aliphatic rings. The first-order valence-corrected chi connectivity index (χ1v) is 7.18. The molecule has 2 unspecified atom stereocenters. The molecule has 1 aromatic carbocycles. The van der Waals surface area contributed by atoms with Crippen LogP contribution in [0.2, 0.25) is 0 Å². The van der Waals surface area contributed by atoms with Crippen LogP contribution >= 0.6 is 0 Å². The van der Waals surface area contributed by atoms with E-state index in [1.54, 1.807) is 13.2 Å². The highest BCUT2D eigenvalue weighted by atomic mass is 16.5. The van der Waals surface area contributed by atoms with Gasteiger partial charge in [-0.05, 0) is 43.9 Å². The molecule has 0 bridgehead atoms. The number of hydrogen-bond donors (Lipinski definition) is 2. The van der Waals surface area contributed by atoms with Crippen molar-refractivity contribution in [3.63, 3.8) is 0 Å². The maximum Gasteiger partial charge on any atom is 0.251 e. The Bertz CT molecular complexity index is 571. The van der Waals surface area contributed by atoms with E-state index in [1.165, 1.54) is 0 Å². The van der Waals surface area contributed by atoms with Crippen molar-refractivity contribution in [3.8, 4) is 11.8 Å². The average Bonchev–Trinajstić information content (AvgIpc) is 2.94. The molecule has 2 N–H and O–H groups in total. The lowest BCUT2D eigenvalue weighted by Crippen LogP contribution is -2.33. The molecule has 1 aromatic rings. The molecule has 2 rings (SSSR count). The van der Waals surface area contributed by atoms with Crippen molar-refractivity contribution in [1.29, 1.82) is 0 Å². The molecule has 0 radical (unpaired) electrons. The Morgan fingerprint density at radius 1 is 1.48 bits per heavy atom. The predicted molar refractivity (Wildman–Crippen MR) is 81.0 cm³/mol. The molecule has 0 aromatic heterocycles. The molecule has 0 saturated heterocycles. The van der Waals surface area contributed by atoms with Gasteiger partial charge in [0.2, 0.25) is 0 Å². The van der Waals surface area contributed by atoms with Gasteiger partial charge in [0.1, 0.15) is 6.61 Å². The van der Waals surface area contributed by atoms with Crippen LogP contribution in [0.15, 0.2) is 18.2 Å². The summed E-state index contributed by atoms with van der Waals surface area (Å²) >= 11 is 0. The van der Waals surface area contributed by atoms with Crippen LogP contribution in [0.4, 0.5) is 0 Å². The van der Waals surface area contributed by atoms with Crippen LogP contribution in [-0.2, 0) is 4.74 Å². The number of rotatable bonds is 3. The van der Waals surface area contributed by atoms with E-state index in [0.29, 0.717) is 5.56 Å². The molecular weight excluding hydrogens is 266 g/mol. The van der Waals surface area contributed by atoms with E-state index in [4.69, 9.17) is 9.84 Å². The van der Waals surface area contributed by atoms with Crippen LogP contribution < -0.4 is 5.32 Å². The molecule has 0 spiro atoms. The van der Waals surface area contributed by atoms with Crippen molar-refractivity contribution in [3.05, 3.63) is 34.9 Å². The van der Waals surface area contributed by atoms with Crippen LogP contribution in [0.5, 0.6) is 0 Å². The van der Waals surface area contributed by atoms with Crippen molar-refractivity contribution < 1.29 is 14.6 Å². The van der Waals surface area contributed by atoms with E-state index in [1.807, 2.05) is 19.1 Å². The number of amides is 1. The highest BCUT2D eigenvalue weighted by Crippen LogP contribution is 2.22. The summed E-state index contributed by atoms with van der Waals surface area (Å²) in [5.74, 6) is 5.35. The Morgan fingerprint density at radius 3 is 2.95 bits per heavy atom. The van der Waals surface area contributed by atoms with Gasteiger partial charge in [-0.25, -0.2) is 0 Å². The van der Waals surface area contributed by atoms with Crippen LogP contribution in [0.3, 0.4) is 0 Å². The maximum absolute atomic E-state index is 12.4. The smallest absolute Gasteiger partial charge is 0.251 e. The Hall–Kier alpha value is -1.83. The minimum atomic E-state index is -0.185. The molecule has 1 fully saturated rings. The molecule has 21 heavy (non-hydrogen) atoms. The second-order valence-electron chi connectivity index (χ2n) is 5.33. The standard InChI is InChI=1S/C17H21NO3/c1-12-5-6-13(4-3-9-19)10-16(12)17(20)18-14-7-8-15(11-14)21-2/h5-6,10,14-15,19H,7-9,11H2,1-2H3,(H,18,20). The average molecular weight is 287 g/mol. The summed E-state index contributed by atoms with van der Waals surface area (Å²) in [6, 6.07) is 5.68. The third-order valence-electron chi connectivity index (χ3n) is 3.85. The fourth-order valence-corrected chi connectivity index (χ4v) is 2.63. The Balaban J connectivity index is 2.08. The lowest BCUT2D eigenvalue weighted by molar-refractivity contribution is 0.0914. The summed E-state index contributed by atoms with van der Waals surface area (Å²) in [5, 5.41) is 11.8. The number of aliphatic hydroxyl groups is 1. The van der Waals surface area contributed by atoms with Gasteiger partial charge in [0, 0.05) is 24.3 Å². The molecular formula is C17H21NO3. The Morgan fingerprint density at radius 2 is 2.29 bits per heavy atom. The van der Waals surface area contributed by atoms with Gasteiger partial charge < -0.3 is 15.2 Å². The van der Waals surface area contributed by atoms with Crippen molar-refractivity contribution in [1.82, 2.24) is 5.32 Å². The van der Waals surface area contributed by atoms with Gasteiger partial charge in [-0.1, -0.05) is 17.9 Å². The van der Waals surface area contributed by atoms with Gasteiger partial charge in [-0.15, -0.1) is 0 Å². The van der Waals surface area contributed by atoms with Gasteiger partial charge in [0.25, 0.3) is 5.91 Å². The van der Waals surface area contributed by atoms with Crippen LogP contribution in [0.1, 0.15) is 40.7 Å². The van der Waals surface area contributed by atoms with Crippen LogP contribution in [-0.4, -0.2) is 36.9 Å². The van der Waals surface area contributed by atoms with E-state index >= 15 is 0 Å². The Kier molecular flexibility index (Phi) is 5.38. The molecule has 0 heterocycles. The fraction of sp³-hybridized carbons (Fsp3) is 0.471. The normalized spacial score (nSPS) is 20.7. The topological polar surface area (TPSA) is 58.6 Å². The minimum Gasteiger partial charge on any atom is -0.384 e. The predicted octanol–water partition coefficient (Wildman–Crippen LogP) is 1.64. The van der Waals surface area contributed by atoms with E-state index in [-0.39, 0.29) is 24.7 Å². The van der Waals surface area contributed by atoms with Crippen molar-refractivity contribution in [2.45, 2.75) is 38.3 Å². The lowest BCUT2D eigenvalue weighted by atomic mass is 10.0. The number of aryl methyl sites for hydroxylation is 1. The molecule has 1 aliphatic carbocycles. The van der Waals surface area contributed by atoms with E-state index < -0.39 is 0 Å². The highest BCUT2D eigenvalue weighted by Gasteiger charge is 2.26. The van der Waals surface area contributed by atoms with Gasteiger partial charge >= 0.3 is 0 Å². The van der Waals surface area contributed by atoms with Gasteiger partial charge in [0.05, 0.1) is 6.10 Å². The Labute approximate surface area is 125 Å². The molecule has 0 aliphatic heterocycles. The van der Waals surface area contributed by atoms with Crippen molar-refractivity contribution in [2.75, 3.05) is 13.7 Å². The summed E-state index contributed by atoms with van der Waals surface area (Å²) < 4.78 is 5.32. The number of aliphatic hydroxyl groups excluding tert-OH is 1. The molecule has 2 atom stereocenters. The summed E-state index contributed by atoms with van der Waals surface area (Å²) in [6.07, 6.45) is 3.05. The zero-order chi connectivity index (χ0) is 15.2. The summed E-state index contributed by atoms with van der Waals surface area (Å²) in [7, 11) is 1.71. The molecule has 112 valence electrons. The fourth-order valence-electron chi connectivity index (χ4n) is 2.63. The summed E-state index contributed by atoms with van der Waals surface area (Å²) in [4.78, 5) is 12.4. The van der Waals surface area contributed by atoms with E-state index in [2.05, 4.69) is 17.2 Å². The second kappa shape index (κ2) is 7.26. The number of carbonyl (C=O) groups excluding carboxylic acids is 1. The molecule has 4 nitrogen and oxygen atoms in total. The quantitative estimate of drug-likeness (QED) is 0.831. The van der Waals surface area contributed by atoms with Crippen LogP contribution in [0, 0.1) is 18.8 Å². The van der Waals surface area contributed by atoms with Crippen LogP contribution in [0.25, 0.3) is 0 Å². The van der Waals surface area contributed by atoms with Gasteiger partial charge in [-0.3, -0.25) is 4.79 Å². The number of benzene rings is 1. The first kappa shape index (κ1) is 15.6. The number of nitrogens with one attached hydrogen (secondary N) is 1. The third-order valence-corrected chi connectivity index (χ3v) is 3.85. The molecule has 1 amide bonds. The van der Waals surface area contributed by atoms with E-state index in [0.717, 1.165) is 30.4 Å². The van der Waals surface area contributed by atoms with Gasteiger partial charge in [-0.2, -0.15) is 0 Å². The number of ether oxygens (including phenoxy) is 1. The number of hydrogen-bond acceptors (Lipinski definition) is 3. The first-order valence-electron chi connectivity index (χ1n) is 7.18. The zero-order valence-electron chi connectivity index (χ0n) is 12.5. The monoisotopic (exact) mass is 287 g/mol. The molecule has 1 saturated carbocycles. The number of methoxy groups -OCH3 is 1.